The third kappa shape index (κ3) is 6.62. The summed E-state index contributed by atoms with van der Waals surface area (Å²) in [4.78, 5) is 35.6. The summed E-state index contributed by atoms with van der Waals surface area (Å²) in [6, 6.07) is 11.7. The van der Waals surface area contributed by atoms with Crippen LogP contribution in [-0.4, -0.2) is 36.4 Å². The first-order chi connectivity index (χ1) is 12.9. The van der Waals surface area contributed by atoms with Crippen molar-refractivity contribution < 1.29 is 19.1 Å². The van der Waals surface area contributed by atoms with Crippen LogP contribution in [0.1, 0.15) is 15.9 Å². The van der Waals surface area contributed by atoms with E-state index in [4.69, 9.17) is 11.6 Å². The van der Waals surface area contributed by atoms with Gasteiger partial charge in [0.05, 0.1) is 24.2 Å². The fraction of sp³-hybridized carbons (Fsp3) is 0.211. The van der Waals surface area contributed by atoms with Crippen molar-refractivity contribution in [2.24, 2.45) is 0 Å². The maximum Gasteiger partial charge on any atom is 0.337 e. The first-order valence-electron chi connectivity index (χ1n) is 8.01. The van der Waals surface area contributed by atoms with Crippen molar-refractivity contribution in [3.63, 3.8) is 0 Å². The Bertz CT molecular complexity index is 840. The topological polar surface area (TPSA) is 84.5 Å². The lowest BCUT2D eigenvalue weighted by molar-refractivity contribution is -0.114. The molecular formula is C19H19ClN2O4S. The molecule has 142 valence electrons. The number of anilines is 2. The van der Waals surface area contributed by atoms with E-state index in [1.54, 1.807) is 42.5 Å². The number of aryl methyl sites for hydroxylation is 1. The number of carbonyl (C=O) groups excluding carboxylic acids is 3. The number of carbonyl (C=O) groups is 3. The summed E-state index contributed by atoms with van der Waals surface area (Å²) in [6.45, 7) is 1.82. The van der Waals surface area contributed by atoms with Gasteiger partial charge in [0.1, 0.15) is 0 Å². The normalized spacial score (nSPS) is 10.2. The van der Waals surface area contributed by atoms with Crippen LogP contribution in [0.25, 0.3) is 0 Å². The van der Waals surface area contributed by atoms with Gasteiger partial charge >= 0.3 is 5.97 Å². The van der Waals surface area contributed by atoms with Crippen molar-refractivity contribution in [2.75, 3.05) is 29.2 Å². The molecule has 0 atom stereocenters. The second-order valence-corrected chi connectivity index (χ2v) is 7.04. The molecule has 0 bridgehead atoms. The van der Waals surface area contributed by atoms with E-state index in [0.717, 1.165) is 5.56 Å². The number of thioether (sulfide) groups is 1. The molecule has 0 aliphatic heterocycles. The van der Waals surface area contributed by atoms with Crippen LogP contribution in [0, 0.1) is 6.92 Å². The zero-order valence-electron chi connectivity index (χ0n) is 14.9. The molecule has 0 heterocycles. The Balaban J connectivity index is 1.81. The molecule has 6 nitrogen and oxygen atoms in total. The predicted octanol–water partition coefficient (Wildman–Crippen LogP) is 3.75. The number of ether oxygens (including phenoxy) is 1. The van der Waals surface area contributed by atoms with Gasteiger partial charge < -0.3 is 15.4 Å². The molecule has 0 saturated carbocycles. The Hall–Kier alpha value is -2.51. The number of hydrogen-bond donors (Lipinski definition) is 2. The maximum absolute atomic E-state index is 12.1. The molecule has 27 heavy (non-hydrogen) atoms. The summed E-state index contributed by atoms with van der Waals surface area (Å²) in [5, 5.41) is 6.06. The van der Waals surface area contributed by atoms with E-state index >= 15 is 0 Å². The van der Waals surface area contributed by atoms with Gasteiger partial charge in [-0.1, -0.05) is 17.7 Å². The Labute approximate surface area is 166 Å². The smallest absolute Gasteiger partial charge is 0.337 e. The Morgan fingerprint density at radius 2 is 1.63 bits per heavy atom. The molecule has 0 aromatic heterocycles. The predicted molar refractivity (Wildman–Crippen MR) is 109 cm³/mol. The van der Waals surface area contributed by atoms with Crippen LogP contribution in [0.5, 0.6) is 0 Å². The maximum atomic E-state index is 12.1. The highest BCUT2D eigenvalue weighted by Gasteiger charge is 2.11. The van der Waals surface area contributed by atoms with E-state index in [1.165, 1.54) is 18.9 Å². The molecular weight excluding hydrogens is 388 g/mol. The van der Waals surface area contributed by atoms with Crippen molar-refractivity contribution in [3.8, 4) is 0 Å². The lowest BCUT2D eigenvalue weighted by atomic mass is 10.1. The molecule has 0 aliphatic rings. The SMILES string of the molecule is COC(=O)c1ccc(C)c(NC(=O)CSCC(=O)Nc2ccc(Cl)cc2)c1. The monoisotopic (exact) mass is 406 g/mol. The van der Waals surface area contributed by atoms with E-state index in [9.17, 15) is 14.4 Å². The molecule has 2 amide bonds. The minimum absolute atomic E-state index is 0.107. The Kier molecular flexibility index (Phi) is 7.69. The molecule has 0 saturated heterocycles. The summed E-state index contributed by atoms with van der Waals surface area (Å²) < 4.78 is 4.68. The van der Waals surface area contributed by atoms with Gasteiger partial charge in [0.25, 0.3) is 0 Å². The largest absolute Gasteiger partial charge is 0.465 e. The lowest BCUT2D eigenvalue weighted by Crippen LogP contribution is -2.19. The van der Waals surface area contributed by atoms with E-state index in [1.807, 2.05) is 6.92 Å². The zero-order valence-corrected chi connectivity index (χ0v) is 16.4. The van der Waals surface area contributed by atoms with Crippen LogP contribution in [0.15, 0.2) is 42.5 Å². The van der Waals surface area contributed by atoms with Crippen molar-refractivity contribution >= 4 is 52.5 Å². The van der Waals surface area contributed by atoms with Crippen LogP contribution in [-0.2, 0) is 14.3 Å². The van der Waals surface area contributed by atoms with Crippen molar-refractivity contribution in [3.05, 3.63) is 58.6 Å². The molecule has 2 aromatic carbocycles. The molecule has 0 unspecified atom stereocenters. The Morgan fingerprint density at radius 1 is 1.00 bits per heavy atom. The highest BCUT2D eigenvalue weighted by atomic mass is 35.5. The van der Waals surface area contributed by atoms with Crippen LogP contribution < -0.4 is 10.6 Å². The standard InChI is InChI=1S/C19H19ClN2O4S/c1-12-3-4-13(19(25)26-2)9-16(12)22-18(24)11-27-10-17(23)21-15-7-5-14(20)6-8-15/h3-9H,10-11H2,1-2H3,(H,21,23)(H,22,24). The van der Waals surface area contributed by atoms with Crippen molar-refractivity contribution in [1.29, 1.82) is 0 Å². The molecule has 2 rings (SSSR count). The molecule has 0 spiro atoms. The third-order valence-electron chi connectivity index (χ3n) is 3.53. The number of benzene rings is 2. The number of hydrogen-bond acceptors (Lipinski definition) is 5. The minimum Gasteiger partial charge on any atom is -0.465 e. The average molecular weight is 407 g/mol. The van der Waals surface area contributed by atoms with Gasteiger partial charge in [0.15, 0.2) is 0 Å². The van der Waals surface area contributed by atoms with Gasteiger partial charge in [0.2, 0.25) is 11.8 Å². The number of halogens is 1. The minimum atomic E-state index is -0.473. The van der Waals surface area contributed by atoms with Crippen molar-refractivity contribution in [2.45, 2.75) is 6.92 Å². The fourth-order valence-electron chi connectivity index (χ4n) is 2.15. The van der Waals surface area contributed by atoms with Crippen LogP contribution in [0.4, 0.5) is 11.4 Å². The first-order valence-corrected chi connectivity index (χ1v) is 9.54. The van der Waals surface area contributed by atoms with Gasteiger partial charge in [-0.15, -0.1) is 11.8 Å². The molecule has 0 aliphatic carbocycles. The number of esters is 1. The second-order valence-electron chi connectivity index (χ2n) is 5.62. The van der Waals surface area contributed by atoms with Crippen LogP contribution in [0.2, 0.25) is 5.02 Å². The van der Waals surface area contributed by atoms with Gasteiger partial charge in [-0.05, 0) is 48.9 Å². The first kappa shape index (κ1) is 20.8. The summed E-state index contributed by atoms with van der Waals surface area (Å²) in [6.07, 6.45) is 0. The lowest BCUT2D eigenvalue weighted by Gasteiger charge is -2.10. The fourth-order valence-corrected chi connectivity index (χ4v) is 2.90. The second kappa shape index (κ2) is 9.99. The zero-order chi connectivity index (χ0) is 19.8. The summed E-state index contributed by atoms with van der Waals surface area (Å²) in [5.74, 6) is -0.699. The molecule has 8 heteroatoms. The van der Waals surface area contributed by atoms with Crippen LogP contribution in [0.3, 0.4) is 0 Å². The number of methoxy groups -OCH3 is 1. The number of amides is 2. The molecule has 0 fully saturated rings. The third-order valence-corrected chi connectivity index (χ3v) is 4.71. The van der Waals surface area contributed by atoms with E-state index in [-0.39, 0.29) is 23.3 Å². The summed E-state index contributed by atoms with van der Waals surface area (Å²) >= 11 is 6.98. The van der Waals surface area contributed by atoms with E-state index < -0.39 is 5.97 Å². The summed E-state index contributed by atoms with van der Waals surface area (Å²) in [7, 11) is 1.30. The number of nitrogens with one attached hydrogen (secondary N) is 2. The van der Waals surface area contributed by atoms with Crippen molar-refractivity contribution in [1.82, 2.24) is 0 Å². The van der Waals surface area contributed by atoms with Gasteiger partial charge in [0, 0.05) is 16.4 Å². The van der Waals surface area contributed by atoms with Gasteiger partial charge in [-0.3, -0.25) is 9.59 Å². The molecule has 0 radical (unpaired) electrons. The van der Waals surface area contributed by atoms with Gasteiger partial charge in [-0.25, -0.2) is 4.79 Å². The quantitative estimate of drug-likeness (QED) is 0.684. The molecule has 2 aromatic rings. The Morgan fingerprint density at radius 3 is 2.26 bits per heavy atom. The summed E-state index contributed by atoms with van der Waals surface area (Å²) in [5.41, 5.74) is 2.36. The highest BCUT2D eigenvalue weighted by Crippen LogP contribution is 2.18. The van der Waals surface area contributed by atoms with E-state index in [0.29, 0.717) is 22.0 Å². The average Bonchev–Trinajstić information content (AvgIpc) is 2.64. The van der Waals surface area contributed by atoms with E-state index in [2.05, 4.69) is 15.4 Å². The molecule has 2 N–H and O–H groups in total. The van der Waals surface area contributed by atoms with Gasteiger partial charge in [-0.2, -0.15) is 0 Å². The number of rotatable bonds is 7. The highest BCUT2D eigenvalue weighted by molar-refractivity contribution is 8.00. The van der Waals surface area contributed by atoms with Crippen LogP contribution >= 0.6 is 23.4 Å².